The molecule has 0 aromatic carbocycles. The molecule has 0 aromatic rings. The number of aliphatic carboxylic acids is 3. The van der Waals surface area contributed by atoms with Crippen molar-refractivity contribution < 1.29 is 182 Å². The molecule has 1 unspecified atom stereocenters. The molecule has 0 saturated carbocycles. The van der Waals surface area contributed by atoms with E-state index in [9.17, 15) is 114 Å². The number of amides is 2. The van der Waals surface area contributed by atoms with E-state index < -0.39 is 142 Å². The van der Waals surface area contributed by atoms with Crippen molar-refractivity contribution >= 4 is 29.7 Å². The number of carboxylic acids is 3. The zero-order valence-electron chi connectivity index (χ0n) is 43.4. The number of hydrogen-bond acceptors (Lipinski definition) is 18. The van der Waals surface area contributed by atoms with Crippen molar-refractivity contribution in [2.45, 2.75) is 61.0 Å². The Morgan fingerprint density at radius 2 is 0.778 bits per heavy atom. The Morgan fingerprint density at radius 3 is 1.12 bits per heavy atom. The standard InChI is InChI=1S/C43H65F17N6O14.Gd/c1-30(34(73)61-4-5-62-6-8-63(27-31(67)68)10-12-65(29-33(71)72)13-11-64(9-7-62)28-32(69)70)35(74)66(15-18-77-21-22-79-25-26-80-24-23-78-20-19-75-2)14-17-76-16-3-36(44,45)37(46,47)38(48,49)39(50,51)40(52,53)41(54,55)42(56,57)43(58,59)60;/h30H,3-29H2,1-2H3,(H,61,73)(H,67,68)(H,69,70)(H,71,72);/q;+3/p-3. The van der Waals surface area contributed by atoms with Crippen molar-refractivity contribution in [1.82, 2.24) is 29.8 Å². The maximum atomic E-state index is 14.5. The smallest absolute Gasteiger partial charge is 0.549 e. The van der Waals surface area contributed by atoms with Gasteiger partial charge in [0.1, 0.15) is 5.92 Å². The number of methoxy groups -OCH3 is 1. The van der Waals surface area contributed by atoms with Crippen LogP contribution in [0.3, 0.4) is 0 Å². The number of nitrogens with one attached hydrogen (secondary N) is 1. The fourth-order valence-electron chi connectivity index (χ4n) is 6.94. The van der Waals surface area contributed by atoms with E-state index in [1.54, 1.807) is 4.90 Å². The molecule has 1 atom stereocenters. The third kappa shape index (κ3) is 23.8. The minimum atomic E-state index is -8.79. The zero-order valence-corrected chi connectivity index (χ0v) is 45.7. The minimum Gasteiger partial charge on any atom is -0.549 e. The van der Waals surface area contributed by atoms with Crippen LogP contribution in [0.4, 0.5) is 74.6 Å². The molecule has 38 heteroatoms. The van der Waals surface area contributed by atoms with E-state index in [-0.39, 0.29) is 145 Å². The van der Waals surface area contributed by atoms with Crippen LogP contribution in [0.5, 0.6) is 0 Å². The SMILES string of the molecule is COCCOCCOCCOCCOCCN(CCOCCC(F)(F)C(F)(F)C(F)(F)C(F)(F)C(F)(F)C(F)(F)C(F)(F)C(F)(F)F)C(=O)C(C)C(=O)NCCN1CCN(CC(=O)[O-])CCN(CC(=O)[O-])CCN(CC(=O)[O-])CC1.[Gd+3]. The fourth-order valence-corrected chi connectivity index (χ4v) is 6.94. The van der Waals surface area contributed by atoms with E-state index in [1.807, 2.05) is 0 Å². The van der Waals surface area contributed by atoms with Crippen LogP contribution in [0.2, 0.25) is 0 Å². The van der Waals surface area contributed by atoms with Gasteiger partial charge in [0.25, 0.3) is 0 Å². The van der Waals surface area contributed by atoms with Crippen LogP contribution >= 0.6 is 0 Å². The summed E-state index contributed by atoms with van der Waals surface area (Å²) >= 11 is 0. The second-order valence-electron chi connectivity index (χ2n) is 17.6. The van der Waals surface area contributed by atoms with Gasteiger partial charge in [0, 0.05) is 112 Å². The summed E-state index contributed by atoms with van der Waals surface area (Å²) in [6, 6.07) is 0. The Kier molecular flexibility index (Phi) is 34.2. The van der Waals surface area contributed by atoms with Gasteiger partial charge in [-0.25, -0.2) is 0 Å². The molecule has 1 aliphatic heterocycles. The Labute approximate surface area is 484 Å². The summed E-state index contributed by atoms with van der Waals surface area (Å²) in [4.78, 5) is 67.9. The normalized spacial score (nSPS) is 16.5. The number of rotatable bonds is 38. The first kappa shape index (κ1) is 78.1. The molecular formula is C43H62F17GdN6O14. The molecule has 0 bridgehead atoms. The second kappa shape index (κ2) is 35.5. The molecule has 20 nitrogen and oxygen atoms in total. The monoisotopic (exact) mass is 1370 g/mol. The average molecular weight is 1370 g/mol. The summed E-state index contributed by atoms with van der Waals surface area (Å²) in [6.07, 6.45) is -10.8. The largest absolute Gasteiger partial charge is 3.00 e. The van der Waals surface area contributed by atoms with Gasteiger partial charge < -0.3 is 68.3 Å². The predicted octanol–water partition coefficient (Wildman–Crippen LogP) is -0.832. The Balaban J connectivity index is 0.0000640. The van der Waals surface area contributed by atoms with Gasteiger partial charge in [-0.15, -0.1) is 0 Å². The molecule has 81 heavy (non-hydrogen) atoms. The van der Waals surface area contributed by atoms with Crippen LogP contribution in [0, 0.1) is 45.9 Å². The van der Waals surface area contributed by atoms with E-state index in [0.717, 1.165) is 11.8 Å². The maximum absolute atomic E-state index is 14.5. The third-order valence-electron chi connectivity index (χ3n) is 11.7. The van der Waals surface area contributed by atoms with Crippen LogP contribution < -0.4 is 20.6 Å². The van der Waals surface area contributed by atoms with Crippen LogP contribution in [0.1, 0.15) is 13.3 Å². The van der Waals surface area contributed by atoms with E-state index in [2.05, 4.69) is 10.1 Å². The first-order valence-electron chi connectivity index (χ1n) is 24.0. The summed E-state index contributed by atoms with van der Waals surface area (Å²) in [5.74, 6) is -65.7. The summed E-state index contributed by atoms with van der Waals surface area (Å²) in [7, 11) is 1.48. The molecular weight excluding hydrogens is 1300 g/mol. The van der Waals surface area contributed by atoms with Crippen molar-refractivity contribution in [3.05, 3.63) is 0 Å². The van der Waals surface area contributed by atoms with Crippen molar-refractivity contribution in [2.24, 2.45) is 5.92 Å². The van der Waals surface area contributed by atoms with Gasteiger partial charge in [0.05, 0.1) is 90.6 Å². The minimum absolute atomic E-state index is 0. The van der Waals surface area contributed by atoms with Crippen molar-refractivity contribution in [3.63, 3.8) is 0 Å². The molecule has 0 aliphatic carbocycles. The number of carboxylic acid groups (broad SMARTS) is 3. The number of nitrogens with zero attached hydrogens (tertiary/aromatic N) is 5. The van der Waals surface area contributed by atoms with E-state index in [0.29, 0.717) is 13.2 Å². The van der Waals surface area contributed by atoms with Crippen LogP contribution in [0.25, 0.3) is 0 Å². The van der Waals surface area contributed by atoms with E-state index in [1.165, 1.54) is 21.8 Å². The molecule has 1 aliphatic rings. The number of halogens is 17. The number of ether oxygens (including phenoxy) is 6. The fraction of sp³-hybridized carbons (Fsp3) is 0.884. The second-order valence-corrected chi connectivity index (χ2v) is 17.6. The Morgan fingerprint density at radius 1 is 0.469 bits per heavy atom. The molecule has 1 rings (SSSR count). The third-order valence-corrected chi connectivity index (χ3v) is 11.7. The summed E-state index contributed by atoms with van der Waals surface area (Å²) in [5, 5.41) is 36.8. The zero-order chi connectivity index (χ0) is 61.4. The number of alkyl halides is 17. The predicted molar refractivity (Wildman–Crippen MR) is 231 cm³/mol. The maximum Gasteiger partial charge on any atom is 3.00 e. The van der Waals surface area contributed by atoms with Crippen LogP contribution in [0.15, 0.2) is 0 Å². The molecule has 0 aromatic heterocycles. The van der Waals surface area contributed by atoms with Gasteiger partial charge >= 0.3 is 87.6 Å². The quantitative estimate of drug-likeness (QED) is 0.0451. The van der Waals surface area contributed by atoms with E-state index in [4.69, 9.17) is 23.7 Å². The number of carbonyl (C=O) groups is 5. The summed E-state index contributed by atoms with van der Waals surface area (Å²) in [6.45, 7) is -4.12. The molecule has 1 fully saturated rings. The molecule has 475 valence electrons. The van der Waals surface area contributed by atoms with Gasteiger partial charge in [0.2, 0.25) is 11.8 Å². The van der Waals surface area contributed by atoms with Gasteiger partial charge in [0.15, 0.2) is 0 Å². The molecule has 2 amide bonds. The Hall–Kier alpha value is -2.92. The summed E-state index contributed by atoms with van der Waals surface area (Å²) in [5.41, 5.74) is 0. The summed E-state index contributed by atoms with van der Waals surface area (Å²) < 4.78 is 264. The van der Waals surface area contributed by atoms with Gasteiger partial charge in [-0.2, -0.15) is 74.6 Å². The van der Waals surface area contributed by atoms with Gasteiger partial charge in [-0.3, -0.25) is 29.2 Å². The van der Waals surface area contributed by atoms with Crippen LogP contribution in [-0.2, 0) is 52.4 Å². The number of carbonyl (C=O) groups excluding carboxylic acids is 5. The molecule has 1 N–H and O–H groups in total. The topological polar surface area (TPSA) is 238 Å². The van der Waals surface area contributed by atoms with Crippen molar-refractivity contribution in [3.8, 4) is 0 Å². The van der Waals surface area contributed by atoms with E-state index >= 15 is 0 Å². The van der Waals surface area contributed by atoms with Gasteiger partial charge in [-0.05, 0) is 6.92 Å². The molecule has 1 heterocycles. The van der Waals surface area contributed by atoms with Gasteiger partial charge in [-0.1, -0.05) is 0 Å². The molecule has 1 radical (unpaired) electrons. The number of hydrogen-bond donors (Lipinski definition) is 1. The molecule has 1 saturated heterocycles. The first-order chi connectivity index (χ1) is 36.9. The average Bonchev–Trinajstić information content (AvgIpc) is 3.34. The molecule has 0 spiro atoms. The van der Waals surface area contributed by atoms with Crippen LogP contribution in [-0.4, -0.2) is 280 Å². The van der Waals surface area contributed by atoms with Crippen molar-refractivity contribution in [2.75, 3.05) is 178 Å². The first-order valence-corrected chi connectivity index (χ1v) is 24.0. The van der Waals surface area contributed by atoms with Crippen molar-refractivity contribution in [1.29, 1.82) is 0 Å². The Bertz CT molecular complexity index is 1880.